The summed E-state index contributed by atoms with van der Waals surface area (Å²) in [6, 6.07) is 9.34. The van der Waals surface area contributed by atoms with Crippen LogP contribution in [-0.4, -0.2) is 60.0 Å². The summed E-state index contributed by atoms with van der Waals surface area (Å²) in [6.07, 6.45) is 0.435. The first-order valence-corrected chi connectivity index (χ1v) is 13.0. The van der Waals surface area contributed by atoms with Crippen molar-refractivity contribution in [2.75, 3.05) is 33.9 Å². The number of carboxylic acid groups (broad SMARTS) is 1. The van der Waals surface area contributed by atoms with E-state index in [2.05, 4.69) is 0 Å². The van der Waals surface area contributed by atoms with E-state index < -0.39 is 17.7 Å². The maximum Gasteiger partial charge on any atom is 0.339 e. The third-order valence-corrected chi connectivity index (χ3v) is 6.82. The number of nitrogens with zero attached hydrogens (tertiary/aromatic N) is 2. The Morgan fingerprint density at radius 3 is 2.58 bits per heavy atom. The third-order valence-electron chi connectivity index (χ3n) is 6.82. The number of fused-ring (bicyclic) bond motifs is 2. The minimum Gasteiger partial charge on any atom is -0.493 e. The van der Waals surface area contributed by atoms with Crippen molar-refractivity contribution in [3.05, 3.63) is 57.5 Å². The molecule has 1 aliphatic heterocycles. The second kappa shape index (κ2) is 10.8. The van der Waals surface area contributed by atoms with Gasteiger partial charge in [-0.1, -0.05) is 6.07 Å². The van der Waals surface area contributed by atoms with E-state index in [1.165, 1.54) is 4.57 Å². The third kappa shape index (κ3) is 5.56. The molecule has 0 amide bonds. The van der Waals surface area contributed by atoms with Crippen molar-refractivity contribution < 1.29 is 24.1 Å². The molecule has 0 saturated carbocycles. The lowest BCUT2D eigenvalue weighted by atomic mass is 9.88. The number of pyridine rings is 1. The number of rotatable bonds is 8. The Morgan fingerprint density at radius 2 is 1.92 bits per heavy atom. The van der Waals surface area contributed by atoms with Crippen LogP contribution >= 0.6 is 0 Å². The standard InChI is InChI=1S/C30H38N2O6/c1-18-20-9-8-15-37-24(20)13-12-21(18)25-22-11-10-19(36-16-14-31(5)6)17-23(22)28(33)32(7)26(25)27(29(34)35)38-30(2,3)4/h10-13,17,27H,8-9,14-16H2,1-7H3,(H,34,35). The summed E-state index contributed by atoms with van der Waals surface area (Å²) < 4.78 is 19.3. The van der Waals surface area contributed by atoms with Gasteiger partial charge in [-0.25, -0.2) is 4.79 Å². The van der Waals surface area contributed by atoms with Crippen LogP contribution in [0.3, 0.4) is 0 Å². The lowest BCUT2D eigenvalue weighted by Gasteiger charge is -2.29. The van der Waals surface area contributed by atoms with Gasteiger partial charge in [0.1, 0.15) is 18.1 Å². The van der Waals surface area contributed by atoms with Crippen molar-refractivity contribution in [3.63, 3.8) is 0 Å². The SMILES string of the molecule is Cc1c(-c2c(C(OC(C)(C)C)C(=O)O)n(C)c(=O)c3cc(OCCN(C)C)ccc23)ccc2c1CCCO2. The first-order chi connectivity index (χ1) is 17.9. The van der Waals surface area contributed by atoms with Crippen molar-refractivity contribution in [1.29, 1.82) is 0 Å². The first kappa shape index (κ1) is 27.7. The normalized spacial score (nSPS) is 14.3. The second-order valence-corrected chi connectivity index (χ2v) is 11.1. The van der Waals surface area contributed by atoms with Gasteiger partial charge < -0.3 is 28.8 Å². The Bertz CT molecular complexity index is 1420. The van der Waals surface area contributed by atoms with Gasteiger partial charge in [-0.2, -0.15) is 0 Å². The Labute approximate surface area is 223 Å². The van der Waals surface area contributed by atoms with Gasteiger partial charge in [0.2, 0.25) is 0 Å². The smallest absolute Gasteiger partial charge is 0.339 e. The summed E-state index contributed by atoms with van der Waals surface area (Å²) >= 11 is 0. The zero-order valence-electron chi connectivity index (χ0n) is 23.4. The zero-order chi connectivity index (χ0) is 27.8. The average molecular weight is 523 g/mol. The topological polar surface area (TPSA) is 90.2 Å². The van der Waals surface area contributed by atoms with E-state index in [9.17, 15) is 14.7 Å². The Hall–Kier alpha value is -3.36. The van der Waals surface area contributed by atoms with Crippen LogP contribution in [0.25, 0.3) is 21.9 Å². The fraction of sp³-hybridized carbons (Fsp3) is 0.467. The quantitative estimate of drug-likeness (QED) is 0.458. The highest BCUT2D eigenvalue weighted by Crippen LogP contribution is 2.42. The first-order valence-electron chi connectivity index (χ1n) is 13.0. The van der Waals surface area contributed by atoms with E-state index in [-0.39, 0.29) is 5.56 Å². The molecule has 0 fully saturated rings. The molecule has 204 valence electrons. The van der Waals surface area contributed by atoms with Crippen LogP contribution in [0, 0.1) is 6.92 Å². The van der Waals surface area contributed by atoms with Gasteiger partial charge in [0.15, 0.2) is 6.10 Å². The molecule has 1 aliphatic rings. The second-order valence-electron chi connectivity index (χ2n) is 11.1. The Kier molecular flexibility index (Phi) is 7.85. The summed E-state index contributed by atoms with van der Waals surface area (Å²) in [6.45, 7) is 9.34. The molecule has 3 aromatic rings. The Balaban J connectivity index is 2.02. The maximum atomic E-state index is 13.7. The molecule has 8 nitrogen and oxygen atoms in total. The number of aromatic nitrogens is 1. The van der Waals surface area contributed by atoms with Crippen LogP contribution < -0.4 is 15.0 Å². The molecular weight excluding hydrogens is 484 g/mol. The molecule has 0 radical (unpaired) electrons. The average Bonchev–Trinajstić information content (AvgIpc) is 2.85. The summed E-state index contributed by atoms with van der Waals surface area (Å²) in [5.74, 6) is 0.287. The van der Waals surface area contributed by atoms with Gasteiger partial charge in [-0.05, 0) is 101 Å². The van der Waals surface area contributed by atoms with Crippen molar-refractivity contribution in [1.82, 2.24) is 9.47 Å². The number of ether oxygens (including phenoxy) is 3. The molecule has 4 rings (SSSR count). The summed E-state index contributed by atoms with van der Waals surface area (Å²) in [4.78, 5) is 28.4. The molecule has 38 heavy (non-hydrogen) atoms. The predicted octanol–water partition coefficient (Wildman–Crippen LogP) is 4.72. The molecule has 1 N–H and O–H groups in total. The van der Waals surface area contributed by atoms with Crippen molar-refractivity contribution >= 4 is 16.7 Å². The van der Waals surface area contributed by atoms with E-state index in [4.69, 9.17) is 14.2 Å². The highest BCUT2D eigenvalue weighted by Gasteiger charge is 2.34. The largest absolute Gasteiger partial charge is 0.493 e. The monoisotopic (exact) mass is 522 g/mol. The number of hydrogen-bond donors (Lipinski definition) is 1. The van der Waals surface area contributed by atoms with Crippen molar-refractivity contribution in [2.45, 2.75) is 52.2 Å². The van der Waals surface area contributed by atoms with Crippen LogP contribution in [0.1, 0.15) is 50.1 Å². The van der Waals surface area contributed by atoms with Crippen LogP contribution in [0.2, 0.25) is 0 Å². The van der Waals surface area contributed by atoms with E-state index in [1.54, 1.807) is 33.9 Å². The van der Waals surface area contributed by atoms with Gasteiger partial charge in [0, 0.05) is 19.2 Å². The van der Waals surface area contributed by atoms with E-state index >= 15 is 0 Å². The van der Waals surface area contributed by atoms with E-state index in [0.29, 0.717) is 41.0 Å². The minimum atomic E-state index is -1.35. The number of carbonyl (C=O) groups is 1. The molecule has 8 heteroatoms. The molecule has 1 aromatic heterocycles. The lowest BCUT2D eigenvalue weighted by Crippen LogP contribution is -2.33. The summed E-state index contributed by atoms with van der Waals surface area (Å²) in [5.41, 5.74) is 2.89. The molecule has 0 aliphatic carbocycles. The molecule has 2 heterocycles. The summed E-state index contributed by atoms with van der Waals surface area (Å²) in [7, 11) is 5.55. The van der Waals surface area contributed by atoms with Gasteiger partial charge in [0.05, 0.1) is 23.3 Å². The number of benzene rings is 2. The number of aliphatic carboxylic acids is 1. The van der Waals surface area contributed by atoms with Gasteiger partial charge in [-0.3, -0.25) is 4.79 Å². The van der Waals surface area contributed by atoms with Crippen LogP contribution in [0.4, 0.5) is 0 Å². The number of hydrogen-bond acceptors (Lipinski definition) is 6. The van der Waals surface area contributed by atoms with Gasteiger partial charge >= 0.3 is 5.97 Å². The highest BCUT2D eigenvalue weighted by molar-refractivity contribution is 6.00. The maximum absolute atomic E-state index is 13.7. The fourth-order valence-corrected chi connectivity index (χ4v) is 5.00. The van der Waals surface area contributed by atoms with Crippen LogP contribution in [0.15, 0.2) is 35.1 Å². The van der Waals surface area contributed by atoms with E-state index in [1.807, 2.05) is 50.2 Å². The molecule has 0 spiro atoms. The molecule has 0 saturated heterocycles. The van der Waals surface area contributed by atoms with E-state index in [0.717, 1.165) is 41.8 Å². The zero-order valence-corrected chi connectivity index (χ0v) is 23.4. The van der Waals surface area contributed by atoms with Crippen LogP contribution in [0.5, 0.6) is 11.5 Å². The fourth-order valence-electron chi connectivity index (χ4n) is 5.00. The predicted molar refractivity (Wildman–Crippen MR) is 148 cm³/mol. The summed E-state index contributed by atoms with van der Waals surface area (Å²) in [5, 5.41) is 11.4. The van der Waals surface area contributed by atoms with Crippen LogP contribution in [-0.2, 0) is 23.0 Å². The molecule has 1 atom stereocenters. The molecule has 2 aromatic carbocycles. The van der Waals surface area contributed by atoms with Crippen molar-refractivity contribution in [2.24, 2.45) is 7.05 Å². The van der Waals surface area contributed by atoms with Gasteiger partial charge in [0.25, 0.3) is 5.56 Å². The molecule has 0 bridgehead atoms. The van der Waals surface area contributed by atoms with Gasteiger partial charge in [-0.15, -0.1) is 0 Å². The highest BCUT2D eigenvalue weighted by atomic mass is 16.5. The number of carboxylic acids is 1. The molecule has 1 unspecified atom stereocenters. The number of likely N-dealkylation sites (N-methyl/N-ethyl adjacent to an activating group) is 1. The molecular formula is C30H38N2O6. The minimum absolute atomic E-state index is 0.306. The lowest BCUT2D eigenvalue weighted by molar-refractivity contribution is -0.161. The Morgan fingerprint density at radius 1 is 1.18 bits per heavy atom. The van der Waals surface area contributed by atoms with Crippen molar-refractivity contribution in [3.8, 4) is 22.6 Å².